The summed E-state index contributed by atoms with van der Waals surface area (Å²) in [7, 11) is -0.207. The molecular formula is C15H20Si. The van der Waals surface area contributed by atoms with Crippen LogP contribution in [-0.4, -0.2) is 9.52 Å². The summed E-state index contributed by atoms with van der Waals surface area (Å²) in [6.07, 6.45) is 8.45. The standard InChI is InChI=1S/C15H20Si/c1-3-6-13-7-4-5-8-15(13)16-14-10-9-12(2)11-14/h4-5,7-9,11H,3,6,10,16H2,1-2H3. The van der Waals surface area contributed by atoms with Crippen molar-refractivity contribution in [2.75, 3.05) is 0 Å². The van der Waals surface area contributed by atoms with Gasteiger partial charge >= 0.3 is 0 Å². The van der Waals surface area contributed by atoms with Crippen molar-refractivity contribution in [1.82, 2.24) is 0 Å². The van der Waals surface area contributed by atoms with Crippen LogP contribution >= 0.6 is 0 Å². The topological polar surface area (TPSA) is 0 Å². The van der Waals surface area contributed by atoms with Crippen molar-refractivity contribution in [1.29, 1.82) is 0 Å². The van der Waals surface area contributed by atoms with E-state index in [0.717, 1.165) is 0 Å². The predicted molar refractivity (Wildman–Crippen MR) is 75.1 cm³/mol. The van der Waals surface area contributed by atoms with Crippen LogP contribution in [-0.2, 0) is 6.42 Å². The average molecular weight is 228 g/mol. The Balaban J connectivity index is 2.12. The fourth-order valence-electron chi connectivity index (χ4n) is 2.34. The molecule has 1 aliphatic rings. The SMILES string of the molecule is CCCc1ccccc1[SiH2]C1=CC(C)=CC1. The first-order valence-electron chi connectivity index (χ1n) is 6.22. The average Bonchev–Trinajstić information content (AvgIpc) is 2.67. The summed E-state index contributed by atoms with van der Waals surface area (Å²) in [5, 5.41) is 3.35. The third-order valence-electron chi connectivity index (χ3n) is 3.17. The molecule has 0 N–H and O–H groups in total. The van der Waals surface area contributed by atoms with Gasteiger partial charge < -0.3 is 0 Å². The van der Waals surface area contributed by atoms with Crippen LogP contribution in [0.25, 0.3) is 0 Å². The van der Waals surface area contributed by atoms with E-state index >= 15 is 0 Å². The number of benzene rings is 1. The van der Waals surface area contributed by atoms with Gasteiger partial charge in [-0.1, -0.05) is 65.7 Å². The second-order valence-electron chi connectivity index (χ2n) is 4.65. The predicted octanol–water partition coefficient (Wildman–Crippen LogP) is 2.67. The van der Waals surface area contributed by atoms with Crippen molar-refractivity contribution in [2.24, 2.45) is 0 Å². The van der Waals surface area contributed by atoms with E-state index in [2.05, 4.69) is 50.3 Å². The van der Waals surface area contributed by atoms with Gasteiger partial charge in [-0.2, -0.15) is 0 Å². The monoisotopic (exact) mass is 228 g/mol. The van der Waals surface area contributed by atoms with E-state index in [4.69, 9.17) is 0 Å². The molecule has 0 aromatic heterocycles. The van der Waals surface area contributed by atoms with E-state index in [-0.39, 0.29) is 9.52 Å². The Bertz CT molecular complexity index is 427. The lowest BCUT2D eigenvalue weighted by atomic mass is 10.1. The zero-order valence-corrected chi connectivity index (χ0v) is 11.7. The fraction of sp³-hybridized carbons (Fsp3) is 0.333. The zero-order valence-electron chi connectivity index (χ0n) is 10.3. The van der Waals surface area contributed by atoms with Gasteiger partial charge in [-0.15, -0.1) is 0 Å². The molecule has 1 aromatic carbocycles. The smallest absolute Gasteiger partial charge is 0.0786 e. The first kappa shape index (κ1) is 11.4. The Morgan fingerprint density at radius 2 is 2.06 bits per heavy atom. The molecule has 84 valence electrons. The van der Waals surface area contributed by atoms with Crippen LogP contribution in [0.4, 0.5) is 0 Å². The summed E-state index contributed by atoms with van der Waals surface area (Å²) >= 11 is 0. The molecule has 1 aromatic rings. The number of allylic oxidation sites excluding steroid dienone is 4. The highest BCUT2D eigenvalue weighted by Gasteiger charge is 2.07. The molecule has 0 unspecified atom stereocenters. The van der Waals surface area contributed by atoms with Crippen LogP contribution in [0.2, 0.25) is 0 Å². The van der Waals surface area contributed by atoms with Crippen LogP contribution in [0.1, 0.15) is 32.3 Å². The van der Waals surface area contributed by atoms with Crippen molar-refractivity contribution < 1.29 is 0 Å². The van der Waals surface area contributed by atoms with Crippen LogP contribution < -0.4 is 5.19 Å². The third kappa shape index (κ3) is 2.73. The van der Waals surface area contributed by atoms with E-state index in [1.807, 2.05) is 0 Å². The Kier molecular flexibility index (Phi) is 3.78. The Labute approximate surface area is 101 Å². The van der Waals surface area contributed by atoms with E-state index in [0.29, 0.717) is 0 Å². The summed E-state index contributed by atoms with van der Waals surface area (Å²) < 4.78 is 0. The van der Waals surface area contributed by atoms with Gasteiger partial charge in [0.2, 0.25) is 0 Å². The first-order valence-corrected chi connectivity index (χ1v) is 7.64. The summed E-state index contributed by atoms with van der Waals surface area (Å²) in [6, 6.07) is 9.01. The highest BCUT2D eigenvalue weighted by atomic mass is 28.2. The molecule has 0 spiro atoms. The van der Waals surface area contributed by atoms with Gasteiger partial charge in [0.25, 0.3) is 0 Å². The largest absolute Gasteiger partial charge is 0.0832 e. The van der Waals surface area contributed by atoms with Crippen molar-refractivity contribution >= 4 is 14.7 Å². The van der Waals surface area contributed by atoms with Crippen molar-refractivity contribution in [2.45, 2.75) is 33.1 Å². The molecule has 1 aliphatic carbocycles. The van der Waals surface area contributed by atoms with Crippen molar-refractivity contribution in [3.63, 3.8) is 0 Å². The van der Waals surface area contributed by atoms with Crippen LogP contribution in [0.5, 0.6) is 0 Å². The van der Waals surface area contributed by atoms with Crippen molar-refractivity contribution in [3.05, 3.63) is 52.8 Å². The van der Waals surface area contributed by atoms with Gasteiger partial charge in [0.1, 0.15) is 0 Å². The molecule has 0 atom stereocenters. The minimum atomic E-state index is -0.207. The number of hydrogen-bond donors (Lipinski definition) is 0. The molecule has 0 aliphatic heterocycles. The van der Waals surface area contributed by atoms with Crippen molar-refractivity contribution in [3.8, 4) is 0 Å². The highest BCUT2D eigenvalue weighted by Crippen LogP contribution is 2.15. The second-order valence-corrected chi connectivity index (χ2v) is 6.67. The minimum Gasteiger partial charge on any atom is -0.0786 e. The molecule has 2 rings (SSSR count). The number of hydrogen-bond acceptors (Lipinski definition) is 0. The van der Waals surface area contributed by atoms with E-state index < -0.39 is 0 Å². The molecular weight excluding hydrogens is 208 g/mol. The number of aryl methyl sites for hydroxylation is 1. The van der Waals surface area contributed by atoms with E-state index in [1.54, 1.807) is 15.9 Å². The maximum atomic E-state index is 2.40. The summed E-state index contributed by atoms with van der Waals surface area (Å²) in [5.74, 6) is 0. The number of rotatable bonds is 4. The van der Waals surface area contributed by atoms with Gasteiger partial charge in [0.15, 0.2) is 0 Å². The minimum absolute atomic E-state index is 0.207. The zero-order chi connectivity index (χ0) is 11.4. The van der Waals surface area contributed by atoms with Crippen LogP contribution in [0, 0.1) is 0 Å². The maximum absolute atomic E-state index is 2.40. The molecule has 0 fully saturated rings. The summed E-state index contributed by atoms with van der Waals surface area (Å²) in [5.41, 5.74) is 3.04. The van der Waals surface area contributed by atoms with Gasteiger partial charge in [-0.05, 0) is 25.3 Å². The molecule has 0 radical (unpaired) electrons. The second kappa shape index (κ2) is 5.31. The lowest BCUT2D eigenvalue weighted by molar-refractivity contribution is 0.927. The third-order valence-corrected chi connectivity index (χ3v) is 5.19. The summed E-state index contributed by atoms with van der Waals surface area (Å²) in [6.45, 7) is 4.47. The van der Waals surface area contributed by atoms with Gasteiger partial charge in [-0.25, -0.2) is 0 Å². The fourth-order valence-corrected chi connectivity index (χ4v) is 4.32. The lowest BCUT2D eigenvalue weighted by Crippen LogP contribution is -2.20. The Hall–Kier alpha value is -1.08. The van der Waals surface area contributed by atoms with Gasteiger partial charge in [0.05, 0.1) is 9.52 Å². The van der Waals surface area contributed by atoms with Crippen LogP contribution in [0.15, 0.2) is 47.2 Å². The quantitative estimate of drug-likeness (QED) is 0.695. The van der Waals surface area contributed by atoms with Crippen LogP contribution in [0.3, 0.4) is 0 Å². The molecule has 0 saturated heterocycles. The van der Waals surface area contributed by atoms with E-state index in [1.165, 1.54) is 24.8 Å². The molecule has 0 heterocycles. The molecule has 16 heavy (non-hydrogen) atoms. The Morgan fingerprint density at radius 1 is 1.25 bits per heavy atom. The normalized spacial score (nSPS) is 15.6. The molecule has 0 bridgehead atoms. The molecule has 0 nitrogen and oxygen atoms in total. The molecule has 1 heteroatoms. The molecule has 0 saturated carbocycles. The highest BCUT2D eigenvalue weighted by molar-refractivity contribution is 6.61. The molecule has 0 amide bonds. The first-order chi connectivity index (χ1) is 7.79. The van der Waals surface area contributed by atoms with Gasteiger partial charge in [0, 0.05) is 0 Å². The summed E-state index contributed by atoms with van der Waals surface area (Å²) in [4.78, 5) is 0. The Morgan fingerprint density at radius 3 is 2.75 bits per heavy atom. The van der Waals surface area contributed by atoms with E-state index in [9.17, 15) is 0 Å². The lowest BCUT2D eigenvalue weighted by Gasteiger charge is -2.08. The maximum Gasteiger partial charge on any atom is 0.0832 e. The van der Waals surface area contributed by atoms with Gasteiger partial charge in [-0.3, -0.25) is 0 Å².